The number of carbonyl (C=O) groups excluding carboxylic acids is 1. The quantitative estimate of drug-likeness (QED) is 0.743. The molecule has 0 radical (unpaired) electrons. The molecule has 0 aromatic heterocycles. The van der Waals surface area contributed by atoms with E-state index in [-0.39, 0.29) is 24.8 Å². The number of hydrogen-bond donors (Lipinski definition) is 1. The lowest BCUT2D eigenvalue weighted by molar-refractivity contribution is -0.134. The number of nitrogen functional groups attached to an aromatic ring is 1. The lowest BCUT2D eigenvalue weighted by Gasteiger charge is -2.35. The van der Waals surface area contributed by atoms with Crippen LogP contribution in [0.15, 0.2) is 42.5 Å². The summed E-state index contributed by atoms with van der Waals surface area (Å²) in [4.78, 5) is 18.8. The molecule has 6 heteroatoms. The van der Waals surface area contributed by atoms with Crippen LogP contribution in [0.5, 0.6) is 11.5 Å². The third-order valence-corrected chi connectivity index (χ3v) is 7.97. The smallest absolute Gasteiger partial charge is 0.231 e. The molecule has 0 aliphatic carbocycles. The van der Waals surface area contributed by atoms with Gasteiger partial charge in [-0.3, -0.25) is 9.69 Å². The molecule has 3 saturated heterocycles. The molecule has 5 atom stereocenters. The summed E-state index contributed by atoms with van der Waals surface area (Å²) >= 11 is 0. The van der Waals surface area contributed by atoms with Gasteiger partial charge < -0.3 is 20.1 Å². The van der Waals surface area contributed by atoms with Gasteiger partial charge in [0.1, 0.15) is 0 Å². The first kappa shape index (κ1) is 19.9. The second-order valence-corrected chi connectivity index (χ2v) is 10.1. The van der Waals surface area contributed by atoms with Gasteiger partial charge in [0.25, 0.3) is 0 Å². The molecular formula is C26H31N3O3. The van der Waals surface area contributed by atoms with Crippen molar-refractivity contribution in [3.63, 3.8) is 0 Å². The Morgan fingerprint density at radius 2 is 1.88 bits per heavy atom. The number of ether oxygens (including phenoxy) is 2. The van der Waals surface area contributed by atoms with E-state index in [1.807, 2.05) is 24.3 Å². The van der Waals surface area contributed by atoms with Gasteiger partial charge in [-0.2, -0.15) is 0 Å². The fourth-order valence-electron chi connectivity index (χ4n) is 6.83. The molecule has 6 rings (SSSR count). The number of benzene rings is 2. The highest BCUT2D eigenvalue weighted by Crippen LogP contribution is 2.56. The van der Waals surface area contributed by atoms with E-state index in [0.717, 1.165) is 29.3 Å². The van der Waals surface area contributed by atoms with E-state index in [1.165, 1.54) is 18.4 Å². The molecule has 4 aliphatic heterocycles. The van der Waals surface area contributed by atoms with Crippen molar-refractivity contribution in [2.75, 3.05) is 19.1 Å². The monoisotopic (exact) mass is 433 g/mol. The first-order chi connectivity index (χ1) is 15.5. The van der Waals surface area contributed by atoms with Crippen LogP contribution in [0.4, 0.5) is 5.69 Å². The summed E-state index contributed by atoms with van der Waals surface area (Å²) < 4.78 is 11.0. The molecule has 1 amide bonds. The van der Waals surface area contributed by atoms with Crippen LogP contribution in [0, 0.1) is 17.8 Å². The van der Waals surface area contributed by atoms with Gasteiger partial charge in [0, 0.05) is 36.3 Å². The van der Waals surface area contributed by atoms with Crippen molar-refractivity contribution in [2.24, 2.45) is 17.8 Å². The van der Waals surface area contributed by atoms with Crippen molar-refractivity contribution in [1.82, 2.24) is 9.80 Å². The number of likely N-dealkylation sites (tertiary alicyclic amines) is 1. The molecule has 6 nitrogen and oxygen atoms in total. The van der Waals surface area contributed by atoms with Crippen LogP contribution in [0.2, 0.25) is 0 Å². The van der Waals surface area contributed by atoms with E-state index in [9.17, 15) is 4.79 Å². The van der Waals surface area contributed by atoms with E-state index in [0.29, 0.717) is 30.3 Å². The zero-order valence-electron chi connectivity index (χ0n) is 18.7. The fraction of sp³-hybridized carbons (Fsp3) is 0.500. The maximum atomic E-state index is 14.0. The SMILES string of the molecule is CC(C)[C@@H]1[C@@H]2[C@H](C(=O)N1Cc1ccc3c(c1)OCO3)[C@H](c1ccc(N)cc1)N1CCC[C@@H]21. The van der Waals surface area contributed by atoms with Gasteiger partial charge >= 0.3 is 0 Å². The van der Waals surface area contributed by atoms with E-state index < -0.39 is 0 Å². The van der Waals surface area contributed by atoms with Gasteiger partial charge in [0.05, 0.1) is 5.92 Å². The normalized spacial score (nSPS) is 30.9. The molecule has 168 valence electrons. The molecule has 0 bridgehead atoms. The number of rotatable bonds is 4. The summed E-state index contributed by atoms with van der Waals surface area (Å²) in [5.41, 5.74) is 9.05. The third kappa shape index (κ3) is 2.92. The van der Waals surface area contributed by atoms with E-state index in [2.05, 4.69) is 41.8 Å². The zero-order valence-corrected chi connectivity index (χ0v) is 18.7. The summed E-state index contributed by atoms with van der Waals surface area (Å²) in [6.07, 6.45) is 2.39. The summed E-state index contributed by atoms with van der Waals surface area (Å²) in [7, 11) is 0. The Morgan fingerprint density at radius 1 is 1.09 bits per heavy atom. The Kier molecular flexibility index (Phi) is 4.61. The number of amides is 1. The molecular weight excluding hydrogens is 402 g/mol. The highest BCUT2D eigenvalue weighted by atomic mass is 16.7. The van der Waals surface area contributed by atoms with Gasteiger partial charge in [-0.15, -0.1) is 0 Å². The van der Waals surface area contributed by atoms with E-state index in [4.69, 9.17) is 15.2 Å². The van der Waals surface area contributed by atoms with Gasteiger partial charge in [-0.05, 0) is 60.7 Å². The molecule has 4 aliphatic rings. The topological polar surface area (TPSA) is 68.0 Å². The van der Waals surface area contributed by atoms with Crippen LogP contribution in [0.1, 0.15) is 43.9 Å². The molecule has 2 aromatic carbocycles. The fourth-order valence-corrected chi connectivity index (χ4v) is 6.83. The summed E-state index contributed by atoms with van der Waals surface area (Å²) in [6.45, 7) is 6.49. The van der Waals surface area contributed by atoms with Crippen molar-refractivity contribution in [2.45, 2.75) is 51.4 Å². The van der Waals surface area contributed by atoms with Gasteiger partial charge in [-0.25, -0.2) is 0 Å². The predicted octanol–water partition coefficient (Wildman–Crippen LogP) is 3.82. The minimum Gasteiger partial charge on any atom is -0.454 e. The van der Waals surface area contributed by atoms with Crippen molar-refractivity contribution in [3.05, 3.63) is 53.6 Å². The van der Waals surface area contributed by atoms with E-state index >= 15 is 0 Å². The summed E-state index contributed by atoms with van der Waals surface area (Å²) in [5, 5.41) is 0. The highest BCUT2D eigenvalue weighted by molar-refractivity contribution is 5.84. The number of nitrogens with two attached hydrogens (primary N) is 1. The minimum absolute atomic E-state index is 0.00494. The van der Waals surface area contributed by atoms with Crippen LogP contribution in [-0.2, 0) is 11.3 Å². The number of nitrogens with zero attached hydrogens (tertiary/aromatic N) is 2. The molecule has 0 spiro atoms. The predicted molar refractivity (Wildman–Crippen MR) is 122 cm³/mol. The standard InChI is InChI=1S/C26H31N3O3/c1-15(2)24-22-19-4-3-11-28(19)25(17-6-8-18(27)9-7-17)23(22)26(30)29(24)13-16-5-10-20-21(12-16)32-14-31-20/h5-10,12,15,19,22-25H,3-4,11,13-14,27H2,1-2H3/t19-,22-,23-,24+,25-/m0/s1. The Morgan fingerprint density at radius 3 is 2.66 bits per heavy atom. The minimum atomic E-state index is 0.00494. The lowest BCUT2D eigenvalue weighted by atomic mass is 9.79. The second kappa shape index (κ2) is 7.41. The Hall–Kier alpha value is -2.73. The third-order valence-electron chi connectivity index (χ3n) is 7.97. The van der Waals surface area contributed by atoms with Crippen LogP contribution in [0.25, 0.3) is 0 Å². The average Bonchev–Trinajstić information content (AvgIpc) is 3.52. The molecule has 4 heterocycles. The van der Waals surface area contributed by atoms with Crippen molar-refractivity contribution in [1.29, 1.82) is 0 Å². The first-order valence-corrected chi connectivity index (χ1v) is 11.8. The second-order valence-electron chi connectivity index (χ2n) is 10.1. The number of carbonyl (C=O) groups is 1. The summed E-state index contributed by atoms with van der Waals surface area (Å²) in [6, 6.07) is 15.1. The zero-order chi connectivity index (χ0) is 22.0. The maximum Gasteiger partial charge on any atom is 0.231 e. The van der Waals surface area contributed by atoms with Crippen LogP contribution < -0.4 is 15.2 Å². The average molecular weight is 434 g/mol. The first-order valence-electron chi connectivity index (χ1n) is 11.8. The molecule has 2 N–H and O–H groups in total. The molecule has 2 aromatic rings. The molecule has 0 saturated carbocycles. The Bertz CT molecular complexity index is 1040. The number of hydrogen-bond acceptors (Lipinski definition) is 5. The Balaban J connectivity index is 1.37. The largest absolute Gasteiger partial charge is 0.454 e. The van der Waals surface area contributed by atoms with Crippen LogP contribution >= 0.6 is 0 Å². The van der Waals surface area contributed by atoms with Crippen LogP contribution in [0.3, 0.4) is 0 Å². The number of anilines is 1. The van der Waals surface area contributed by atoms with Gasteiger partial charge in [-0.1, -0.05) is 32.0 Å². The lowest BCUT2D eigenvalue weighted by Crippen LogP contribution is -2.44. The number of fused-ring (bicyclic) bond motifs is 4. The maximum absolute atomic E-state index is 14.0. The Labute approximate surface area is 189 Å². The van der Waals surface area contributed by atoms with E-state index in [1.54, 1.807) is 0 Å². The summed E-state index contributed by atoms with van der Waals surface area (Å²) in [5.74, 6) is 2.62. The van der Waals surface area contributed by atoms with Gasteiger partial charge in [0.15, 0.2) is 11.5 Å². The van der Waals surface area contributed by atoms with Crippen LogP contribution in [-0.4, -0.2) is 41.1 Å². The molecule has 3 fully saturated rings. The molecule has 32 heavy (non-hydrogen) atoms. The van der Waals surface area contributed by atoms with Gasteiger partial charge in [0.2, 0.25) is 12.7 Å². The molecule has 0 unspecified atom stereocenters. The van der Waals surface area contributed by atoms with Crippen molar-refractivity contribution >= 4 is 11.6 Å². The van der Waals surface area contributed by atoms with Crippen molar-refractivity contribution in [3.8, 4) is 11.5 Å². The highest BCUT2D eigenvalue weighted by Gasteiger charge is 2.62. The van der Waals surface area contributed by atoms with Crippen molar-refractivity contribution < 1.29 is 14.3 Å².